The third-order valence-corrected chi connectivity index (χ3v) is 7.71. The zero-order chi connectivity index (χ0) is 16.5. The fourth-order valence-corrected chi connectivity index (χ4v) is 5.77. The van der Waals surface area contributed by atoms with Crippen molar-refractivity contribution in [2.75, 3.05) is 39.6 Å². The molecule has 0 aromatic heterocycles. The Morgan fingerprint density at radius 1 is 0.727 bits per heavy atom. The van der Waals surface area contributed by atoms with E-state index >= 15 is 0 Å². The van der Waals surface area contributed by atoms with E-state index in [9.17, 15) is 0 Å². The lowest BCUT2D eigenvalue weighted by molar-refractivity contribution is 0.0108. The Hall–Kier alpha value is 1.06. The molecule has 0 bridgehead atoms. The highest BCUT2D eigenvalue weighted by Gasteiger charge is 2.36. The predicted octanol–water partition coefficient (Wildman–Crippen LogP) is 3.61. The van der Waals surface area contributed by atoms with Crippen molar-refractivity contribution in [3.63, 3.8) is 0 Å². The summed E-state index contributed by atoms with van der Waals surface area (Å²) in [4.78, 5) is 0. The van der Waals surface area contributed by atoms with Crippen molar-refractivity contribution in [1.82, 2.24) is 0 Å². The molecule has 0 aromatic rings. The largest absolute Gasteiger partial charge is 0.327 e. The predicted molar refractivity (Wildman–Crippen MR) is 91.8 cm³/mol. The quantitative estimate of drug-likeness (QED) is 0.521. The topological polar surface area (TPSA) is 55.4 Å². The maximum absolute atomic E-state index is 5.57. The molecule has 0 saturated carbocycles. The Morgan fingerprint density at radius 2 is 1.00 bits per heavy atom. The summed E-state index contributed by atoms with van der Waals surface area (Å²) in [5.41, 5.74) is -0.0656. The summed E-state index contributed by atoms with van der Waals surface area (Å²) in [6.07, 6.45) is 0. The summed E-state index contributed by atoms with van der Waals surface area (Å²) in [5.74, 6) is 0. The number of hydrogen-bond donors (Lipinski definition) is 0. The molecule has 0 unspecified atom stereocenters. The van der Waals surface area contributed by atoms with Gasteiger partial charge in [-0.3, -0.25) is 0 Å². The van der Waals surface area contributed by atoms with E-state index in [-0.39, 0.29) is 24.0 Å². The zero-order valence-electron chi connectivity index (χ0n) is 13.4. The first-order valence-corrected chi connectivity index (χ1v) is 12.2. The van der Waals surface area contributed by atoms with Gasteiger partial charge < -0.3 is 27.1 Å². The van der Waals surface area contributed by atoms with Crippen LogP contribution in [0.15, 0.2) is 0 Å². The second kappa shape index (κ2) is 7.12. The molecule has 10 heteroatoms. The lowest BCUT2D eigenvalue weighted by Gasteiger charge is -2.36. The highest BCUT2D eigenvalue weighted by Crippen LogP contribution is 2.56. The number of rotatable bonds is 5. The van der Waals surface area contributed by atoms with E-state index in [4.69, 9.17) is 50.8 Å². The van der Waals surface area contributed by atoms with Gasteiger partial charge in [-0.25, -0.2) is 0 Å². The maximum Gasteiger partial charge on any atom is 0.327 e. The first-order valence-electron chi connectivity index (χ1n) is 7.11. The lowest BCUT2D eigenvalue weighted by atomic mass is 9.97. The minimum atomic E-state index is -2.66. The highest BCUT2D eigenvalue weighted by atomic mass is 32.5. The standard InChI is InChI=1S/C12H24O6P2S2/c1-11(2)7-15-19(21,16-8-11)13-5-6-14-20(22)17-9-12(3,4)10-18-20/h5-10H2,1-4H3. The molecule has 22 heavy (non-hydrogen) atoms. The Labute approximate surface area is 142 Å². The fraction of sp³-hybridized carbons (Fsp3) is 1.00. The van der Waals surface area contributed by atoms with Crippen LogP contribution in [0.5, 0.6) is 0 Å². The summed E-state index contributed by atoms with van der Waals surface area (Å²) in [6, 6.07) is 0. The zero-order valence-corrected chi connectivity index (χ0v) is 16.8. The summed E-state index contributed by atoms with van der Waals surface area (Å²) < 4.78 is 33.4. The molecule has 130 valence electrons. The van der Waals surface area contributed by atoms with Gasteiger partial charge in [-0.05, 0) is 23.6 Å². The molecule has 0 N–H and O–H groups in total. The summed E-state index contributed by atoms with van der Waals surface area (Å²) in [7, 11) is 0. The summed E-state index contributed by atoms with van der Waals surface area (Å²) in [6.45, 7) is 5.52. The van der Waals surface area contributed by atoms with Crippen LogP contribution in [0.1, 0.15) is 27.7 Å². The number of hydrogen-bond acceptors (Lipinski definition) is 8. The van der Waals surface area contributed by atoms with Gasteiger partial charge in [0.15, 0.2) is 0 Å². The van der Waals surface area contributed by atoms with E-state index in [1.54, 1.807) is 0 Å². The van der Waals surface area contributed by atoms with E-state index in [1.165, 1.54) is 0 Å². The molecule has 2 saturated heterocycles. The monoisotopic (exact) mass is 390 g/mol. The molecule has 0 amide bonds. The van der Waals surface area contributed by atoms with Crippen LogP contribution in [0, 0.1) is 10.8 Å². The molecular formula is C12H24O6P2S2. The molecule has 2 heterocycles. The van der Waals surface area contributed by atoms with Crippen LogP contribution in [0.2, 0.25) is 0 Å². The second-order valence-electron chi connectivity index (χ2n) is 6.98. The van der Waals surface area contributed by atoms with Gasteiger partial charge >= 0.3 is 13.4 Å². The van der Waals surface area contributed by atoms with Crippen molar-refractivity contribution >= 4 is 37.1 Å². The van der Waals surface area contributed by atoms with Crippen molar-refractivity contribution in [2.24, 2.45) is 10.8 Å². The van der Waals surface area contributed by atoms with Gasteiger partial charge in [-0.1, -0.05) is 27.7 Å². The highest BCUT2D eigenvalue weighted by molar-refractivity contribution is 8.07. The van der Waals surface area contributed by atoms with Gasteiger partial charge in [0, 0.05) is 10.8 Å². The minimum Gasteiger partial charge on any atom is -0.308 e. The van der Waals surface area contributed by atoms with Crippen molar-refractivity contribution in [2.45, 2.75) is 27.7 Å². The minimum absolute atomic E-state index is 0.0328. The maximum atomic E-state index is 5.57. The van der Waals surface area contributed by atoms with Gasteiger partial charge in [-0.2, -0.15) is 0 Å². The van der Waals surface area contributed by atoms with Gasteiger partial charge in [0.2, 0.25) is 0 Å². The van der Waals surface area contributed by atoms with Crippen LogP contribution in [0.3, 0.4) is 0 Å². The fourth-order valence-electron chi connectivity index (χ4n) is 1.62. The van der Waals surface area contributed by atoms with Crippen molar-refractivity contribution in [3.05, 3.63) is 0 Å². The average Bonchev–Trinajstić information content (AvgIpc) is 2.43. The Kier molecular flexibility index (Phi) is 6.28. The van der Waals surface area contributed by atoms with E-state index in [1.807, 2.05) is 0 Å². The molecule has 0 atom stereocenters. The first-order chi connectivity index (χ1) is 10.0. The molecule has 6 nitrogen and oxygen atoms in total. The van der Waals surface area contributed by atoms with Crippen LogP contribution in [0.25, 0.3) is 0 Å². The molecule has 2 fully saturated rings. The van der Waals surface area contributed by atoms with Gasteiger partial charge in [0.25, 0.3) is 0 Å². The summed E-state index contributed by atoms with van der Waals surface area (Å²) >= 11 is 10.6. The molecule has 2 aliphatic heterocycles. The van der Waals surface area contributed by atoms with Crippen LogP contribution >= 0.6 is 13.4 Å². The molecule has 2 aliphatic rings. The van der Waals surface area contributed by atoms with Crippen LogP contribution < -0.4 is 0 Å². The molecule has 0 aromatic carbocycles. The average molecular weight is 390 g/mol. The normalized spacial score (nSPS) is 29.1. The van der Waals surface area contributed by atoms with Crippen molar-refractivity contribution in [1.29, 1.82) is 0 Å². The van der Waals surface area contributed by atoms with Crippen LogP contribution in [0.4, 0.5) is 0 Å². The SMILES string of the molecule is CC1(C)COP(=S)(OCCOP2(=S)OCC(C)(C)CO2)OC1. The van der Waals surface area contributed by atoms with Crippen LogP contribution in [-0.4, -0.2) is 39.6 Å². The second-order valence-corrected chi connectivity index (χ2v) is 13.0. The Balaban J connectivity index is 1.69. The Bertz CT molecular complexity index is 424. The van der Waals surface area contributed by atoms with E-state index in [0.29, 0.717) is 26.4 Å². The van der Waals surface area contributed by atoms with Crippen LogP contribution in [-0.2, 0) is 50.8 Å². The first kappa shape index (κ1) is 19.4. The van der Waals surface area contributed by atoms with Crippen molar-refractivity contribution < 1.29 is 27.1 Å². The third kappa shape index (κ3) is 5.85. The third-order valence-electron chi connectivity index (χ3n) is 3.04. The van der Waals surface area contributed by atoms with E-state index in [2.05, 4.69) is 27.7 Å². The smallest absolute Gasteiger partial charge is 0.308 e. The van der Waals surface area contributed by atoms with Gasteiger partial charge in [0.05, 0.1) is 39.6 Å². The van der Waals surface area contributed by atoms with Gasteiger partial charge in [-0.15, -0.1) is 0 Å². The van der Waals surface area contributed by atoms with Gasteiger partial charge in [0.1, 0.15) is 0 Å². The summed E-state index contributed by atoms with van der Waals surface area (Å²) in [5, 5.41) is 0. The molecule has 0 spiro atoms. The molecular weight excluding hydrogens is 366 g/mol. The molecule has 2 rings (SSSR count). The molecule has 0 radical (unpaired) electrons. The Morgan fingerprint density at radius 3 is 1.27 bits per heavy atom. The molecule has 0 aliphatic carbocycles. The van der Waals surface area contributed by atoms with E-state index in [0.717, 1.165) is 0 Å². The van der Waals surface area contributed by atoms with Crippen molar-refractivity contribution in [3.8, 4) is 0 Å². The lowest BCUT2D eigenvalue weighted by Crippen LogP contribution is -2.30. The van der Waals surface area contributed by atoms with E-state index < -0.39 is 13.4 Å².